The molecule has 134 valence electrons. The third kappa shape index (κ3) is 4.64. The van der Waals surface area contributed by atoms with Gasteiger partial charge in [-0.3, -0.25) is 9.48 Å². The van der Waals surface area contributed by atoms with Crippen LogP contribution < -0.4 is 5.32 Å². The number of sulfonamides is 1. The molecule has 0 saturated heterocycles. The average molecular weight is 366 g/mol. The van der Waals surface area contributed by atoms with Crippen molar-refractivity contribution in [1.82, 2.24) is 14.1 Å². The Morgan fingerprint density at radius 2 is 1.88 bits per heavy atom. The largest absolute Gasteiger partial charge is 0.452 e. The zero-order valence-electron chi connectivity index (χ0n) is 14.0. The van der Waals surface area contributed by atoms with Crippen LogP contribution in [0, 0.1) is 0 Å². The highest BCUT2D eigenvalue weighted by Gasteiger charge is 2.17. The van der Waals surface area contributed by atoms with E-state index >= 15 is 0 Å². The van der Waals surface area contributed by atoms with Crippen molar-refractivity contribution in [1.29, 1.82) is 0 Å². The molecule has 0 aliphatic carbocycles. The van der Waals surface area contributed by atoms with Crippen molar-refractivity contribution >= 4 is 27.6 Å². The molecule has 9 nitrogen and oxygen atoms in total. The van der Waals surface area contributed by atoms with Crippen LogP contribution in [-0.4, -0.2) is 55.1 Å². The molecule has 0 unspecified atom stereocenters. The van der Waals surface area contributed by atoms with E-state index < -0.39 is 28.5 Å². The summed E-state index contributed by atoms with van der Waals surface area (Å²) in [5.74, 6) is -1.20. The number of amides is 1. The van der Waals surface area contributed by atoms with Gasteiger partial charge in [-0.25, -0.2) is 17.5 Å². The van der Waals surface area contributed by atoms with Gasteiger partial charge in [0.15, 0.2) is 6.61 Å². The molecule has 2 rings (SSSR count). The van der Waals surface area contributed by atoms with Gasteiger partial charge in [0.1, 0.15) is 0 Å². The first-order valence-corrected chi connectivity index (χ1v) is 8.62. The molecule has 0 saturated carbocycles. The van der Waals surface area contributed by atoms with Crippen molar-refractivity contribution in [3.05, 3.63) is 42.2 Å². The Morgan fingerprint density at radius 3 is 2.40 bits per heavy atom. The first-order valence-electron chi connectivity index (χ1n) is 7.18. The van der Waals surface area contributed by atoms with E-state index in [9.17, 15) is 18.0 Å². The van der Waals surface area contributed by atoms with Crippen molar-refractivity contribution in [3.63, 3.8) is 0 Å². The van der Waals surface area contributed by atoms with Gasteiger partial charge in [-0.2, -0.15) is 5.10 Å². The van der Waals surface area contributed by atoms with Crippen molar-refractivity contribution in [3.8, 4) is 0 Å². The van der Waals surface area contributed by atoms with Crippen LogP contribution in [0.5, 0.6) is 0 Å². The third-order valence-electron chi connectivity index (χ3n) is 3.19. The van der Waals surface area contributed by atoms with Gasteiger partial charge in [-0.1, -0.05) is 0 Å². The monoisotopic (exact) mass is 366 g/mol. The second-order valence-corrected chi connectivity index (χ2v) is 7.49. The molecular weight excluding hydrogens is 348 g/mol. The van der Waals surface area contributed by atoms with E-state index in [4.69, 9.17) is 4.74 Å². The average Bonchev–Trinajstić information content (AvgIpc) is 2.99. The molecule has 2 aromatic rings. The maximum atomic E-state index is 12.0. The van der Waals surface area contributed by atoms with Gasteiger partial charge in [-0.15, -0.1) is 0 Å². The van der Waals surface area contributed by atoms with Gasteiger partial charge in [0, 0.05) is 33.0 Å². The van der Waals surface area contributed by atoms with Crippen LogP contribution in [-0.2, 0) is 26.6 Å². The number of esters is 1. The smallest absolute Gasteiger partial charge is 0.341 e. The van der Waals surface area contributed by atoms with Crippen LogP contribution in [0.2, 0.25) is 0 Å². The minimum Gasteiger partial charge on any atom is -0.452 e. The van der Waals surface area contributed by atoms with E-state index in [2.05, 4.69) is 10.4 Å². The zero-order valence-corrected chi connectivity index (χ0v) is 14.8. The number of rotatable bonds is 6. The lowest BCUT2D eigenvalue weighted by atomic mass is 10.3. The Morgan fingerprint density at radius 1 is 1.24 bits per heavy atom. The predicted octanol–water partition coefficient (Wildman–Crippen LogP) is 0.466. The summed E-state index contributed by atoms with van der Waals surface area (Å²) < 4.78 is 31.3. The van der Waals surface area contributed by atoms with Gasteiger partial charge in [-0.05, 0) is 24.3 Å². The molecule has 0 bridgehead atoms. The molecule has 1 heterocycles. The van der Waals surface area contributed by atoms with Crippen molar-refractivity contribution in [2.24, 2.45) is 7.05 Å². The predicted molar refractivity (Wildman–Crippen MR) is 89.4 cm³/mol. The van der Waals surface area contributed by atoms with Crippen LogP contribution in [0.1, 0.15) is 10.4 Å². The number of carbonyl (C=O) groups excluding carboxylic acids is 2. The molecule has 10 heteroatoms. The van der Waals surface area contributed by atoms with Crippen LogP contribution in [0.15, 0.2) is 41.6 Å². The molecule has 0 spiro atoms. The maximum Gasteiger partial charge on any atom is 0.341 e. The summed E-state index contributed by atoms with van der Waals surface area (Å²) in [5, 5.41) is 6.35. The first kappa shape index (κ1) is 18.6. The van der Waals surface area contributed by atoms with E-state index in [1.807, 2.05) is 0 Å². The fourth-order valence-corrected chi connectivity index (χ4v) is 2.76. The molecule has 1 aromatic carbocycles. The number of nitrogens with zero attached hydrogens (tertiary/aromatic N) is 3. The molecule has 0 atom stereocenters. The van der Waals surface area contributed by atoms with Gasteiger partial charge in [0.2, 0.25) is 10.0 Å². The van der Waals surface area contributed by atoms with Crippen LogP contribution in [0.4, 0.5) is 5.69 Å². The summed E-state index contributed by atoms with van der Waals surface area (Å²) in [4.78, 5) is 23.6. The summed E-state index contributed by atoms with van der Waals surface area (Å²) in [7, 11) is 0.992. The van der Waals surface area contributed by atoms with Crippen LogP contribution in [0.25, 0.3) is 0 Å². The van der Waals surface area contributed by atoms with E-state index in [0.717, 1.165) is 4.31 Å². The molecule has 0 aliphatic rings. The second-order valence-electron chi connectivity index (χ2n) is 5.34. The zero-order chi connectivity index (χ0) is 18.6. The number of aromatic nitrogens is 2. The number of benzene rings is 1. The number of ether oxygens (including phenoxy) is 1. The molecule has 25 heavy (non-hydrogen) atoms. The Hall–Kier alpha value is -2.72. The molecular formula is C15H18N4O5S. The molecule has 0 radical (unpaired) electrons. The molecule has 1 N–H and O–H groups in total. The maximum absolute atomic E-state index is 12.0. The summed E-state index contributed by atoms with van der Waals surface area (Å²) in [6, 6.07) is 5.67. The summed E-state index contributed by atoms with van der Waals surface area (Å²) in [6.07, 6.45) is 2.81. The number of hydrogen-bond acceptors (Lipinski definition) is 6. The Kier molecular flexibility index (Phi) is 5.55. The number of carbonyl (C=O) groups is 2. The van der Waals surface area contributed by atoms with E-state index in [1.165, 1.54) is 55.4 Å². The Labute approximate surface area is 145 Å². The Balaban J connectivity index is 1.91. The fourth-order valence-electron chi connectivity index (χ4n) is 1.86. The summed E-state index contributed by atoms with van der Waals surface area (Å²) in [5.41, 5.74) is 0.633. The van der Waals surface area contributed by atoms with Crippen molar-refractivity contribution in [2.75, 3.05) is 26.0 Å². The Bertz CT molecular complexity index is 872. The van der Waals surface area contributed by atoms with Crippen LogP contribution in [0.3, 0.4) is 0 Å². The third-order valence-corrected chi connectivity index (χ3v) is 5.02. The summed E-state index contributed by atoms with van der Waals surface area (Å²) in [6.45, 7) is -0.467. The van der Waals surface area contributed by atoms with Crippen molar-refractivity contribution in [2.45, 2.75) is 4.90 Å². The number of nitrogens with one attached hydrogen (secondary N) is 1. The van der Waals surface area contributed by atoms with E-state index in [0.29, 0.717) is 5.69 Å². The van der Waals surface area contributed by atoms with Crippen molar-refractivity contribution < 1.29 is 22.7 Å². The number of aryl methyl sites for hydroxylation is 1. The second kappa shape index (κ2) is 7.45. The van der Waals surface area contributed by atoms with E-state index in [1.54, 1.807) is 7.05 Å². The van der Waals surface area contributed by atoms with Gasteiger partial charge in [0.25, 0.3) is 5.91 Å². The molecule has 0 aliphatic heterocycles. The minimum atomic E-state index is -3.53. The lowest BCUT2D eigenvalue weighted by Crippen LogP contribution is -2.22. The normalized spacial score (nSPS) is 11.4. The number of hydrogen-bond donors (Lipinski definition) is 1. The lowest BCUT2D eigenvalue weighted by molar-refractivity contribution is -0.119. The van der Waals surface area contributed by atoms with Gasteiger partial charge in [0.05, 0.1) is 16.7 Å². The topological polar surface area (TPSA) is 111 Å². The van der Waals surface area contributed by atoms with E-state index in [-0.39, 0.29) is 10.5 Å². The number of anilines is 1. The highest BCUT2D eigenvalue weighted by molar-refractivity contribution is 7.89. The molecule has 0 fully saturated rings. The molecule has 1 aromatic heterocycles. The quantitative estimate of drug-likeness (QED) is 0.744. The highest BCUT2D eigenvalue weighted by atomic mass is 32.2. The lowest BCUT2D eigenvalue weighted by Gasteiger charge is -2.12. The standard InChI is InChI=1S/C15H18N4O5S/c1-18(2)25(22,23)13-6-4-12(5-7-13)17-14(20)10-24-15(21)11-8-16-19(3)9-11/h4-9H,10H2,1-3H3,(H,17,20). The van der Waals surface area contributed by atoms with Gasteiger partial charge >= 0.3 is 5.97 Å². The highest BCUT2D eigenvalue weighted by Crippen LogP contribution is 2.16. The first-order chi connectivity index (χ1) is 11.7. The van der Waals surface area contributed by atoms with Crippen LogP contribution >= 0.6 is 0 Å². The summed E-state index contributed by atoms with van der Waals surface area (Å²) >= 11 is 0. The minimum absolute atomic E-state index is 0.110. The SMILES string of the molecule is CN(C)S(=O)(=O)c1ccc(NC(=O)COC(=O)c2cnn(C)c2)cc1. The van der Waals surface area contributed by atoms with Gasteiger partial charge < -0.3 is 10.1 Å². The molecule has 1 amide bonds. The fraction of sp³-hybridized carbons (Fsp3) is 0.267.